The zero-order valence-corrected chi connectivity index (χ0v) is 13.6. The minimum Gasteiger partial charge on any atom is -0.322 e. The molecule has 3 N–H and O–H groups in total. The third kappa shape index (κ3) is 3.65. The number of benzene rings is 2. The number of amides is 1. The number of anilines is 1. The van der Waals surface area contributed by atoms with E-state index in [1.54, 1.807) is 6.07 Å². The van der Waals surface area contributed by atoms with Crippen molar-refractivity contribution in [1.82, 2.24) is 0 Å². The molecule has 22 heavy (non-hydrogen) atoms. The first-order valence-corrected chi connectivity index (χ1v) is 8.32. The van der Waals surface area contributed by atoms with Gasteiger partial charge in [-0.1, -0.05) is 29.3 Å². The molecule has 0 aromatic heterocycles. The predicted octanol–water partition coefficient (Wildman–Crippen LogP) is 2.86. The molecule has 0 aliphatic rings. The van der Waals surface area contributed by atoms with Crippen molar-refractivity contribution in [3.8, 4) is 0 Å². The minimum atomic E-state index is -3.99. The number of carbonyl (C=O) groups is 1. The molecule has 2 rings (SSSR count). The first kappa shape index (κ1) is 16.5. The van der Waals surface area contributed by atoms with Gasteiger partial charge in [-0.15, -0.1) is 0 Å². The lowest BCUT2D eigenvalue weighted by molar-refractivity contribution is 0.102. The highest BCUT2D eigenvalue weighted by molar-refractivity contribution is 7.89. The Kier molecular flexibility index (Phi) is 4.55. The molecule has 0 aliphatic carbocycles. The average Bonchev–Trinajstić information content (AvgIpc) is 2.41. The second-order valence-corrected chi connectivity index (χ2v) is 6.90. The van der Waals surface area contributed by atoms with Crippen LogP contribution >= 0.6 is 11.6 Å². The number of carbonyl (C=O) groups excluding carboxylic acids is 1. The number of aryl methyl sites for hydroxylation is 2. The van der Waals surface area contributed by atoms with Crippen LogP contribution in [0.5, 0.6) is 0 Å². The number of primary sulfonamides is 1. The Labute approximate surface area is 134 Å². The number of sulfonamides is 1. The molecule has 1 amide bonds. The molecule has 0 radical (unpaired) electrons. The highest BCUT2D eigenvalue weighted by Gasteiger charge is 2.16. The van der Waals surface area contributed by atoms with Gasteiger partial charge in [0, 0.05) is 11.3 Å². The second kappa shape index (κ2) is 6.08. The maximum Gasteiger partial charge on any atom is 0.255 e. The van der Waals surface area contributed by atoms with Crippen LogP contribution in [0.3, 0.4) is 0 Å². The van der Waals surface area contributed by atoms with E-state index < -0.39 is 15.9 Å². The van der Waals surface area contributed by atoms with Gasteiger partial charge in [0.25, 0.3) is 5.91 Å². The molecule has 0 spiro atoms. The Morgan fingerprint density at radius 1 is 1.14 bits per heavy atom. The molecular weight excluding hydrogens is 324 g/mol. The van der Waals surface area contributed by atoms with Crippen LogP contribution in [0, 0.1) is 13.8 Å². The second-order valence-electron chi connectivity index (χ2n) is 4.96. The summed E-state index contributed by atoms with van der Waals surface area (Å²) in [6.07, 6.45) is 0. The number of nitrogens with two attached hydrogens (primary N) is 1. The normalized spacial score (nSPS) is 11.3. The van der Waals surface area contributed by atoms with E-state index in [9.17, 15) is 13.2 Å². The van der Waals surface area contributed by atoms with Gasteiger partial charge < -0.3 is 5.32 Å². The summed E-state index contributed by atoms with van der Waals surface area (Å²) in [5, 5.41) is 7.79. The van der Waals surface area contributed by atoms with Crippen molar-refractivity contribution in [3.63, 3.8) is 0 Å². The van der Waals surface area contributed by atoms with Crippen molar-refractivity contribution < 1.29 is 13.2 Å². The van der Waals surface area contributed by atoms with E-state index in [0.29, 0.717) is 5.69 Å². The third-order valence-electron chi connectivity index (χ3n) is 3.13. The molecule has 0 saturated heterocycles. The topological polar surface area (TPSA) is 89.3 Å². The molecule has 0 unspecified atom stereocenters. The van der Waals surface area contributed by atoms with Crippen LogP contribution in [0.25, 0.3) is 0 Å². The fourth-order valence-electron chi connectivity index (χ4n) is 2.01. The van der Waals surface area contributed by atoms with E-state index in [2.05, 4.69) is 5.32 Å². The quantitative estimate of drug-likeness (QED) is 0.901. The zero-order valence-electron chi connectivity index (χ0n) is 12.1. The Hall–Kier alpha value is -1.89. The number of rotatable bonds is 3. The lowest BCUT2D eigenvalue weighted by Gasteiger charge is -2.10. The van der Waals surface area contributed by atoms with Crippen molar-refractivity contribution in [1.29, 1.82) is 0 Å². The van der Waals surface area contributed by atoms with E-state index >= 15 is 0 Å². The van der Waals surface area contributed by atoms with Crippen LogP contribution in [0.2, 0.25) is 5.02 Å². The fourth-order valence-corrected chi connectivity index (χ4v) is 3.08. The summed E-state index contributed by atoms with van der Waals surface area (Å²) in [6.45, 7) is 3.83. The SMILES string of the molecule is Cc1ccc(NC(=O)c2ccc(Cl)c(S(N)(=O)=O)c2)c(C)c1. The van der Waals surface area contributed by atoms with Gasteiger partial charge in [-0.25, -0.2) is 13.6 Å². The number of nitrogens with one attached hydrogen (secondary N) is 1. The van der Waals surface area contributed by atoms with E-state index in [4.69, 9.17) is 16.7 Å². The Morgan fingerprint density at radius 3 is 2.41 bits per heavy atom. The van der Waals surface area contributed by atoms with Gasteiger partial charge in [-0.2, -0.15) is 0 Å². The van der Waals surface area contributed by atoms with Crippen LogP contribution in [0.1, 0.15) is 21.5 Å². The van der Waals surface area contributed by atoms with Gasteiger partial charge in [-0.3, -0.25) is 4.79 Å². The molecule has 0 heterocycles. The van der Waals surface area contributed by atoms with E-state index in [1.807, 2.05) is 26.0 Å². The van der Waals surface area contributed by atoms with Crippen molar-refractivity contribution >= 4 is 33.2 Å². The molecule has 0 bridgehead atoms. The molecular formula is C15H15ClN2O3S. The molecule has 2 aromatic rings. The summed E-state index contributed by atoms with van der Waals surface area (Å²) in [5.74, 6) is -0.437. The molecule has 2 aromatic carbocycles. The van der Waals surface area contributed by atoms with Crippen molar-refractivity contribution in [2.45, 2.75) is 18.7 Å². The zero-order chi connectivity index (χ0) is 16.5. The lowest BCUT2D eigenvalue weighted by atomic mass is 10.1. The Balaban J connectivity index is 2.34. The van der Waals surface area contributed by atoms with Gasteiger partial charge in [0.05, 0.1) is 5.02 Å². The largest absolute Gasteiger partial charge is 0.322 e. The minimum absolute atomic E-state index is 0.0226. The number of halogens is 1. The predicted molar refractivity (Wildman–Crippen MR) is 86.7 cm³/mol. The van der Waals surface area contributed by atoms with Crippen molar-refractivity contribution in [3.05, 3.63) is 58.1 Å². The molecule has 0 saturated carbocycles. The highest BCUT2D eigenvalue weighted by Crippen LogP contribution is 2.23. The molecule has 116 valence electrons. The Morgan fingerprint density at radius 2 is 1.82 bits per heavy atom. The van der Waals surface area contributed by atoms with Crippen LogP contribution in [0.15, 0.2) is 41.3 Å². The van der Waals surface area contributed by atoms with Gasteiger partial charge >= 0.3 is 0 Å². The molecule has 5 nitrogen and oxygen atoms in total. The first-order valence-electron chi connectivity index (χ1n) is 6.39. The summed E-state index contributed by atoms with van der Waals surface area (Å²) < 4.78 is 22.9. The van der Waals surface area contributed by atoms with Crippen molar-refractivity contribution in [2.24, 2.45) is 5.14 Å². The van der Waals surface area contributed by atoms with Crippen LogP contribution in [-0.2, 0) is 10.0 Å². The highest BCUT2D eigenvalue weighted by atomic mass is 35.5. The summed E-state index contributed by atoms with van der Waals surface area (Å²) in [7, 11) is -3.99. The smallest absolute Gasteiger partial charge is 0.255 e. The summed E-state index contributed by atoms with van der Waals surface area (Å²) >= 11 is 5.80. The number of hydrogen-bond donors (Lipinski definition) is 2. The van der Waals surface area contributed by atoms with Gasteiger partial charge in [0.1, 0.15) is 4.90 Å². The van der Waals surface area contributed by atoms with Crippen LogP contribution in [0.4, 0.5) is 5.69 Å². The molecule has 0 atom stereocenters. The fraction of sp³-hybridized carbons (Fsp3) is 0.133. The summed E-state index contributed by atoms with van der Waals surface area (Å²) in [4.78, 5) is 12.0. The Bertz CT molecular complexity index is 848. The standard InChI is InChI=1S/C15H15ClN2O3S/c1-9-3-6-13(10(2)7-9)18-15(19)11-4-5-12(16)14(8-11)22(17,20)21/h3-8H,1-2H3,(H,18,19)(H2,17,20,21). The summed E-state index contributed by atoms with van der Waals surface area (Å²) in [5.41, 5.74) is 2.81. The van der Waals surface area contributed by atoms with Crippen molar-refractivity contribution in [2.75, 3.05) is 5.32 Å². The van der Waals surface area contributed by atoms with Crippen LogP contribution < -0.4 is 10.5 Å². The lowest BCUT2D eigenvalue weighted by Crippen LogP contribution is -2.16. The molecule has 0 aliphatic heterocycles. The maximum absolute atomic E-state index is 12.3. The van der Waals surface area contributed by atoms with Gasteiger partial charge in [0.15, 0.2) is 0 Å². The summed E-state index contributed by atoms with van der Waals surface area (Å²) in [6, 6.07) is 9.54. The van der Waals surface area contributed by atoms with Gasteiger partial charge in [-0.05, 0) is 43.7 Å². The monoisotopic (exact) mass is 338 g/mol. The van der Waals surface area contributed by atoms with Gasteiger partial charge in [0.2, 0.25) is 10.0 Å². The maximum atomic E-state index is 12.3. The van der Waals surface area contributed by atoms with Crippen LogP contribution in [-0.4, -0.2) is 14.3 Å². The average molecular weight is 339 g/mol. The van der Waals surface area contributed by atoms with E-state index in [1.165, 1.54) is 12.1 Å². The van der Waals surface area contributed by atoms with E-state index in [0.717, 1.165) is 17.2 Å². The molecule has 7 heteroatoms. The first-order chi connectivity index (χ1) is 10.2. The molecule has 0 fully saturated rings. The number of hydrogen-bond acceptors (Lipinski definition) is 3. The van der Waals surface area contributed by atoms with E-state index in [-0.39, 0.29) is 15.5 Å². The third-order valence-corrected chi connectivity index (χ3v) is 4.52.